The highest BCUT2D eigenvalue weighted by Gasteiger charge is 2.42. The van der Waals surface area contributed by atoms with Crippen LogP contribution in [0.5, 0.6) is 0 Å². The van der Waals surface area contributed by atoms with Gasteiger partial charge in [-0.05, 0) is 44.5 Å². The van der Waals surface area contributed by atoms with Crippen molar-refractivity contribution in [2.24, 2.45) is 0 Å². The molecular formula is C24H26F5N5O2. The van der Waals surface area contributed by atoms with E-state index >= 15 is 0 Å². The average Bonchev–Trinajstić information content (AvgIpc) is 3.41. The number of halogens is 5. The van der Waals surface area contributed by atoms with Crippen molar-refractivity contribution in [1.29, 1.82) is 0 Å². The third-order valence-electron chi connectivity index (χ3n) is 6.39. The van der Waals surface area contributed by atoms with Crippen LogP contribution in [0.25, 0.3) is 0 Å². The van der Waals surface area contributed by atoms with Crippen molar-refractivity contribution in [3.8, 4) is 0 Å². The quantitative estimate of drug-likeness (QED) is 0.583. The van der Waals surface area contributed by atoms with E-state index in [1.54, 1.807) is 6.92 Å². The van der Waals surface area contributed by atoms with Crippen LogP contribution in [0.4, 0.5) is 33.5 Å². The molecule has 0 bridgehead atoms. The van der Waals surface area contributed by atoms with Crippen LogP contribution in [0.1, 0.15) is 31.0 Å². The topological polar surface area (TPSA) is 77.6 Å². The van der Waals surface area contributed by atoms with Crippen LogP contribution in [0, 0.1) is 18.6 Å². The Bertz CT molecular complexity index is 1160. The van der Waals surface area contributed by atoms with Gasteiger partial charge in [0.25, 0.3) is 0 Å². The van der Waals surface area contributed by atoms with Crippen molar-refractivity contribution < 1.29 is 31.5 Å². The molecule has 2 aliphatic heterocycles. The summed E-state index contributed by atoms with van der Waals surface area (Å²) in [5.41, 5.74) is -0.608. The number of hydrogen-bond donors (Lipinski definition) is 2. The van der Waals surface area contributed by atoms with Crippen LogP contribution in [0.2, 0.25) is 0 Å². The molecule has 2 saturated heterocycles. The number of nitrogens with zero attached hydrogens (tertiary/aromatic N) is 3. The molecule has 2 amide bonds. The molecule has 1 unspecified atom stereocenters. The van der Waals surface area contributed by atoms with E-state index in [9.17, 15) is 31.5 Å². The predicted molar refractivity (Wildman–Crippen MR) is 122 cm³/mol. The van der Waals surface area contributed by atoms with Crippen molar-refractivity contribution in [3.63, 3.8) is 0 Å². The summed E-state index contributed by atoms with van der Waals surface area (Å²) in [6.07, 6.45) is -4.12. The molecule has 3 heterocycles. The van der Waals surface area contributed by atoms with E-state index in [-0.39, 0.29) is 61.1 Å². The Hall–Kier alpha value is -3.28. The molecule has 7 nitrogen and oxygen atoms in total. The molecule has 1 aromatic carbocycles. The van der Waals surface area contributed by atoms with E-state index in [2.05, 4.69) is 15.6 Å². The second-order valence-electron chi connectivity index (χ2n) is 9.01. The van der Waals surface area contributed by atoms with E-state index in [0.717, 1.165) is 24.3 Å². The second-order valence-corrected chi connectivity index (χ2v) is 9.01. The van der Waals surface area contributed by atoms with Crippen LogP contribution < -0.4 is 20.4 Å². The Morgan fingerprint density at radius 1 is 1.19 bits per heavy atom. The first-order valence-corrected chi connectivity index (χ1v) is 11.6. The normalized spacial score (nSPS) is 22.1. The fourth-order valence-electron chi connectivity index (χ4n) is 4.76. The van der Waals surface area contributed by atoms with Gasteiger partial charge in [0.15, 0.2) is 11.6 Å². The highest BCUT2D eigenvalue weighted by Crippen LogP contribution is 2.34. The molecular weight excluding hydrogens is 485 g/mol. The zero-order chi connectivity index (χ0) is 26.2. The molecule has 36 heavy (non-hydrogen) atoms. The summed E-state index contributed by atoms with van der Waals surface area (Å²) in [6.45, 7) is 3.81. The second kappa shape index (κ2) is 10.00. The number of aromatic nitrogens is 1. The van der Waals surface area contributed by atoms with Gasteiger partial charge in [-0.2, -0.15) is 13.2 Å². The van der Waals surface area contributed by atoms with E-state index in [0.29, 0.717) is 6.54 Å². The van der Waals surface area contributed by atoms with Gasteiger partial charge in [0.2, 0.25) is 11.8 Å². The number of carbonyl (C=O) groups is 2. The number of rotatable bonds is 6. The summed E-state index contributed by atoms with van der Waals surface area (Å²) in [7, 11) is 0. The monoisotopic (exact) mass is 511 g/mol. The molecule has 0 saturated carbocycles. The Labute approximate surface area is 204 Å². The number of pyridine rings is 1. The van der Waals surface area contributed by atoms with E-state index in [4.69, 9.17) is 0 Å². The third kappa shape index (κ3) is 5.43. The smallest absolute Gasteiger partial charge is 0.354 e. The van der Waals surface area contributed by atoms with Crippen LogP contribution >= 0.6 is 0 Å². The lowest BCUT2D eigenvalue weighted by Crippen LogP contribution is -2.46. The Morgan fingerprint density at radius 3 is 2.56 bits per heavy atom. The highest BCUT2D eigenvalue weighted by atomic mass is 19.4. The van der Waals surface area contributed by atoms with Gasteiger partial charge in [0.05, 0.1) is 5.56 Å². The maximum atomic E-state index is 13.9. The van der Waals surface area contributed by atoms with Crippen molar-refractivity contribution in [2.45, 2.75) is 51.0 Å². The molecule has 0 spiro atoms. The fourth-order valence-corrected chi connectivity index (χ4v) is 4.76. The van der Waals surface area contributed by atoms with Gasteiger partial charge >= 0.3 is 6.18 Å². The Balaban J connectivity index is 1.67. The first-order valence-electron chi connectivity index (χ1n) is 11.6. The molecule has 2 aromatic rings. The lowest BCUT2D eigenvalue weighted by molar-refractivity contribution is -0.137. The largest absolute Gasteiger partial charge is 0.416 e. The molecule has 2 aliphatic rings. The Kier molecular flexibility index (Phi) is 7.17. The number of anilines is 2. The van der Waals surface area contributed by atoms with Gasteiger partial charge in [-0.1, -0.05) is 0 Å². The van der Waals surface area contributed by atoms with Crippen molar-refractivity contribution in [2.75, 3.05) is 29.4 Å². The molecule has 194 valence electrons. The average molecular weight is 511 g/mol. The minimum absolute atomic E-state index is 0.00746. The first-order chi connectivity index (χ1) is 17.0. The molecule has 1 aromatic heterocycles. The number of amides is 2. The van der Waals surface area contributed by atoms with Gasteiger partial charge in [-0.15, -0.1) is 0 Å². The molecule has 0 aliphatic carbocycles. The molecule has 3 atom stereocenters. The van der Waals surface area contributed by atoms with Crippen molar-refractivity contribution in [1.82, 2.24) is 15.6 Å². The summed E-state index contributed by atoms with van der Waals surface area (Å²) in [4.78, 5) is 32.3. The summed E-state index contributed by atoms with van der Waals surface area (Å²) < 4.78 is 67.9. The zero-order valence-electron chi connectivity index (χ0n) is 19.7. The number of nitrogens with one attached hydrogen (secondary N) is 2. The van der Waals surface area contributed by atoms with Crippen LogP contribution in [-0.4, -0.2) is 54.6 Å². The number of alkyl halides is 3. The van der Waals surface area contributed by atoms with Gasteiger partial charge in [-0.3, -0.25) is 9.59 Å². The van der Waals surface area contributed by atoms with Crippen LogP contribution in [0.3, 0.4) is 0 Å². The number of aryl methyl sites for hydroxylation is 1. The highest BCUT2D eigenvalue weighted by molar-refractivity contribution is 5.99. The van der Waals surface area contributed by atoms with Gasteiger partial charge in [-0.25, -0.2) is 13.8 Å². The number of carbonyl (C=O) groups excluding carboxylic acids is 2. The van der Waals surface area contributed by atoms with E-state index < -0.39 is 35.3 Å². The lowest BCUT2D eigenvalue weighted by Gasteiger charge is -2.30. The lowest BCUT2D eigenvalue weighted by atomic mass is 10.1. The molecule has 4 rings (SSSR count). The van der Waals surface area contributed by atoms with Gasteiger partial charge < -0.3 is 20.4 Å². The van der Waals surface area contributed by atoms with Crippen LogP contribution in [0.15, 0.2) is 30.3 Å². The van der Waals surface area contributed by atoms with Crippen LogP contribution in [-0.2, 0) is 15.8 Å². The van der Waals surface area contributed by atoms with Crippen molar-refractivity contribution >= 4 is 23.3 Å². The minimum Gasteiger partial charge on any atom is -0.354 e. The fraction of sp³-hybridized carbons (Fsp3) is 0.458. The summed E-state index contributed by atoms with van der Waals surface area (Å²) in [5.74, 6) is -2.77. The third-order valence-corrected chi connectivity index (χ3v) is 6.39. The molecule has 0 radical (unpaired) electrons. The van der Waals surface area contributed by atoms with Gasteiger partial charge in [0, 0.05) is 55.6 Å². The summed E-state index contributed by atoms with van der Waals surface area (Å²) >= 11 is 0. The van der Waals surface area contributed by atoms with Gasteiger partial charge in [0.1, 0.15) is 11.9 Å². The molecule has 2 N–H and O–H groups in total. The number of likely N-dealkylation sites (N-methyl/N-ethyl adjacent to an activating group) is 1. The van der Waals surface area contributed by atoms with E-state index in [1.807, 2.05) is 0 Å². The molecule has 12 heteroatoms. The predicted octanol–water partition coefficient (Wildman–Crippen LogP) is 3.17. The standard InChI is InChI=1S/C24H26F5N5O2/c1-3-33(17-4-5-18(25)19(26)10-17)23(36)20-8-16(32-15-9-22(35)30-11-15)12-34(20)21-7-14(24(27,28)29)6-13(2)31-21/h4-7,10,15-16,20,32H,3,8-9,11-12H2,1-2H3,(H,30,35)/t15?,16-,20-/m0/s1. The minimum atomic E-state index is -4.60. The number of benzene rings is 1. The SMILES string of the molecule is CCN(C(=O)[C@@H]1C[C@H](NC2CNC(=O)C2)CN1c1cc(C(F)(F)F)cc(C)n1)c1ccc(F)c(F)c1. The first kappa shape index (κ1) is 25.8. The van der Waals surface area contributed by atoms with E-state index in [1.165, 1.54) is 22.8 Å². The summed E-state index contributed by atoms with van der Waals surface area (Å²) in [5, 5.41) is 6.03. The van der Waals surface area contributed by atoms with Crippen molar-refractivity contribution in [3.05, 3.63) is 53.2 Å². The Morgan fingerprint density at radius 2 is 1.94 bits per heavy atom. The molecule has 2 fully saturated rings. The maximum Gasteiger partial charge on any atom is 0.416 e. The number of hydrogen-bond acceptors (Lipinski definition) is 5. The zero-order valence-corrected chi connectivity index (χ0v) is 19.7. The summed E-state index contributed by atoms with van der Waals surface area (Å²) in [6, 6.07) is 3.52. The maximum absolute atomic E-state index is 13.9.